The molecule has 25 heavy (non-hydrogen) atoms. The summed E-state index contributed by atoms with van der Waals surface area (Å²) in [5, 5.41) is 8.85. The number of carbonyl (C=O) groups excluding carboxylic acids is 2. The molecule has 2 aromatic rings. The third-order valence-electron chi connectivity index (χ3n) is 4.08. The first-order valence-corrected chi connectivity index (χ1v) is 7.95. The van der Waals surface area contributed by atoms with Gasteiger partial charge in [-0.1, -0.05) is 12.1 Å². The summed E-state index contributed by atoms with van der Waals surface area (Å²) in [4.78, 5) is 40.0. The van der Waals surface area contributed by atoms with Crippen LogP contribution >= 0.6 is 0 Å². The van der Waals surface area contributed by atoms with Gasteiger partial charge in [-0.3, -0.25) is 14.4 Å². The molecule has 7 heteroatoms. The molecule has 2 N–H and O–H groups in total. The number of aromatic amines is 1. The minimum absolute atomic E-state index is 0.117. The minimum atomic E-state index is -0.952. The van der Waals surface area contributed by atoms with Crippen molar-refractivity contribution in [3.05, 3.63) is 59.4 Å². The van der Waals surface area contributed by atoms with Gasteiger partial charge in [0.2, 0.25) is 0 Å². The fourth-order valence-corrected chi connectivity index (χ4v) is 2.80. The lowest BCUT2D eigenvalue weighted by Gasteiger charge is -2.32. The number of carbonyl (C=O) groups is 3. The average molecular weight is 342 g/mol. The molecular weight excluding hydrogens is 324 g/mol. The lowest BCUT2D eigenvalue weighted by molar-refractivity contribution is -0.141. The molecule has 2 heterocycles. The highest BCUT2D eigenvalue weighted by Crippen LogP contribution is 2.15. The number of nitrogens with one attached hydrogen (secondary N) is 1. The van der Waals surface area contributed by atoms with Gasteiger partial charge in [0, 0.05) is 42.2 Å². The number of ether oxygens (including phenoxy) is 1. The van der Waals surface area contributed by atoms with Crippen molar-refractivity contribution in [3.63, 3.8) is 0 Å². The number of rotatable bonds is 5. The Morgan fingerprint density at radius 3 is 2.48 bits per heavy atom. The van der Waals surface area contributed by atoms with Crippen LogP contribution in [-0.2, 0) is 9.53 Å². The number of morpholine rings is 1. The van der Waals surface area contributed by atoms with Crippen molar-refractivity contribution >= 4 is 17.7 Å². The smallest absolute Gasteiger partial charge is 0.306 e. The number of aromatic nitrogens is 1. The minimum Gasteiger partial charge on any atom is -0.481 e. The van der Waals surface area contributed by atoms with Gasteiger partial charge in [0.25, 0.3) is 5.91 Å². The number of carboxylic acid groups (broad SMARTS) is 1. The second-order valence-corrected chi connectivity index (χ2v) is 5.85. The van der Waals surface area contributed by atoms with Crippen molar-refractivity contribution in [1.82, 2.24) is 9.88 Å². The Morgan fingerprint density at radius 2 is 1.84 bits per heavy atom. The Hall–Kier alpha value is -2.93. The molecule has 1 aromatic heterocycles. The van der Waals surface area contributed by atoms with Crippen LogP contribution in [0, 0.1) is 0 Å². The van der Waals surface area contributed by atoms with Gasteiger partial charge in [0.05, 0.1) is 19.1 Å². The maximum absolute atomic E-state index is 12.6. The van der Waals surface area contributed by atoms with E-state index in [2.05, 4.69) is 4.98 Å². The van der Waals surface area contributed by atoms with E-state index >= 15 is 0 Å². The van der Waals surface area contributed by atoms with Crippen LogP contribution < -0.4 is 0 Å². The first kappa shape index (κ1) is 16.9. The van der Waals surface area contributed by atoms with E-state index in [9.17, 15) is 14.4 Å². The number of benzene rings is 1. The van der Waals surface area contributed by atoms with E-state index in [-0.39, 0.29) is 24.7 Å². The summed E-state index contributed by atoms with van der Waals surface area (Å²) in [5.41, 5.74) is 1.52. The highest BCUT2D eigenvalue weighted by Gasteiger charge is 2.26. The maximum Gasteiger partial charge on any atom is 0.306 e. The van der Waals surface area contributed by atoms with Crippen LogP contribution in [0.15, 0.2) is 42.7 Å². The van der Waals surface area contributed by atoms with Gasteiger partial charge in [-0.15, -0.1) is 0 Å². The van der Waals surface area contributed by atoms with Gasteiger partial charge in [-0.05, 0) is 18.2 Å². The fraction of sp³-hybridized carbons (Fsp3) is 0.278. The van der Waals surface area contributed by atoms with E-state index in [1.807, 2.05) is 0 Å². The van der Waals surface area contributed by atoms with Crippen LogP contribution in [0.4, 0.5) is 0 Å². The second-order valence-electron chi connectivity index (χ2n) is 5.85. The van der Waals surface area contributed by atoms with E-state index in [4.69, 9.17) is 9.84 Å². The molecule has 1 saturated heterocycles. The number of ketones is 1. The zero-order valence-electron chi connectivity index (χ0n) is 13.5. The summed E-state index contributed by atoms with van der Waals surface area (Å²) >= 11 is 0. The summed E-state index contributed by atoms with van der Waals surface area (Å²) < 4.78 is 5.37. The Kier molecular flexibility index (Phi) is 4.95. The number of carboxylic acids is 1. The van der Waals surface area contributed by atoms with Gasteiger partial charge in [-0.25, -0.2) is 0 Å². The quantitative estimate of drug-likeness (QED) is 0.803. The lowest BCUT2D eigenvalue weighted by Crippen LogP contribution is -2.46. The maximum atomic E-state index is 12.6. The summed E-state index contributed by atoms with van der Waals surface area (Å²) in [6.07, 6.45) is 2.67. The lowest BCUT2D eigenvalue weighted by atomic mass is 10.0. The monoisotopic (exact) mass is 342 g/mol. The molecule has 0 aliphatic carbocycles. The summed E-state index contributed by atoms with van der Waals surface area (Å²) in [5.74, 6) is -1.26. The standard InChI is InChI=1S/C18H18N2O5/c21-16(22)9-15-11-20(7-8-25-15)18(24)13-3-1-12(2-4-13)17(23)14-5-6-19-10-14/h1-6,10,15,19H,7-9,11H2,(H,21,22). The predicted molar refractivity (Wildman–Crippen MR) is 88.6 cm³/mol. The number of aliphatic carboxylic acids is 1. The van der Waals surface area contributed by atoms with Crippen LogP contribution in [0.5, 0.6) is 0 Å². The molecule has 1 aliphatic rings. The molecule has 130 valence electrons. The van der Waals surface area contributed by atoms with Crippen molar-refractivity contribution in [2.75, 3.05) is 19.7 Å². The van der Waals surface area contributed by atoms with Crippen molar-refractivity contribution in [2.45, 2.75) is 12.5 Å². The van der Waals surface area contributed by atoms with Gasteiger partial charge in [-0.2, -0.15) is 0 Å². The molecule has 0 saturated carbocycles. The fourth-order valence-electron chi connectivity index (χ4n) is 2.80. The summed E-state index contributed by atoms with van der Waals surface area (Å²) in [7, 11) is 0. The van der Waals surface area contributed by atoms with E-state index in [0.29, 0.717) is 29.8 Å². The van der Waals surface area contributed by atoms with Crippen LogP contribution in [0.2, 0.25) is 0 Å². The van der Waals surface area contributed by atoms with Gasteiger partial charge >= 0.3 is 5.97 Å². The summed E-state index contributed by atoms with van der Waals surface area (Å²) in [6, 6.07) is 8.17. The largest absolute Gasteiger partial charge is 0.481 e. The number of amides is 1. The third kappa shape index (κ3) is 3.95. The molecule has 1 fully saturated rings. The first-order chi connectivity index (χ1) is 12.0. The normalized spacial score (nSPS) is 17.3. The molecule has 0 bridgehead atoms. The SMILES string of the molecule is O=C(O)CC1CN(C(=O)c2ccc(C(=O)c3cc[nH]c3)cc2)CCO1. The molecular formula is C18H18N2O5. The first-order valence-electron chi connectivity index (χ1n) is 7.95. The summed E-state index contributed by atoms with van der Waals surface area (Å²) in [6.45, 7) is 0.974. The molecule has 0 radical (unpaired) electrons. The zero-order chi connectivity index (χ0) is 17.8. The topological polar surface area (TPSA) is 99.7 Å². The highest BCUT2D eigenvalue weighted by molar-refractivity contribution is 6.09. The van der Waals surface area contributed by atoms with Crippen molar-refractivity contribution in [3.8, 4) is 0 Å². The van der Waals surface area contributed by atoms with Gasteiger partial charge in [0.15, 0.2) is 5.78 Å². The van der Waals surface area contributed by atoms with Crippen LogP contribution in [0.1, 0.15) is 32.7 Å². The predicted octanol–water partition coefficient (Wildman–Crippen LogP) is 1.56. The van der Waals surface area contributed by atoms with Gasteiger partial charge < -0.3 is 19.7 Å². The molecule has 1 unspecified atom stereocenters. The van der Waals surface area contributed by atoms with E-state index in [0.717, 1.165) is 0 Å². The molecule has 3 rings (SSSR count). The number of hydrogen-bond donors (Lipinski definition) is 2. The molecule has 7 nitrogen and oxygen atoms in total. The van der Waals surface area contributed by atoms with Crippen LogP contribution in [0.3, 0.4) is 0 Å². The van der Waals surface area contributed by atoms with E-state index < -0.39 is 12.1 Å². The molecule has 0 spiro atoms. The highest BCUT2D eigenvalue weighted by atomic mass is 16.5. The second kappa shape index (κ2) is 7.31. The van der Waals surface area contributed by atoms with Crippen molar-refractivity contribution in [1.29, 1.82) is 0 Å². The van der Waals surface area contributed by atoms with Crippen molar-refractivity contribution < 1.29 is 24.2 Å². The molecule has 1 aliphatic heterocycles. The van der Waals surface area contributed by atoms with Crippen LogP contribution in [-0.4, -0.2) is 58.5 Å². The Bertz CT molecular complexity index is 767. The Labute approximate surface area is 144 Å². The third-order valence-corrected chi connectivity index (χ3v) is 4.08. The average Bonchev–Trinajstić information content (AvgIpc) is 3.15. The van der Waals surface area contributed by atoms with E-state index in [1.54, 1.807) is 47.6 Å². The molecule has 1 amide bonds. The Balaban J connectivity index is 1.68. The number of nitrogens with zero attached hydrogens (tertiary/aromatic N) is 1. The number of H-pyrrole nitrogens is 1. The van der Waals surface area contributed by atoms with Crippen LogP contribution in [0.25, 0.3) is 0 Å². The number of hydrogen-bond acceptors (Lipinski definition) is 4. The molecule has 1 atom stereocenters. The zero-order valence-corrected chi connectivity index (χ0v) is 13.5. The van der Waals surface area contributed by atoms with E-state index in [1.165, 1.54) is 0 Å². The Morgan fingerprint density at radius 1 is 1.12 bits per heavy atom. The molecule has 1 aromatic carbocycles. The van der Waals surface area contributed by atoms with Gasteiger partial charge in [0.1, 0.15) is 0 Å². The van der Waals surface area contributed by atoms with Crippen molar-refractivity contribution in [2.24, 2.45) is 0 Å².